The summed E-state index contributed by atoms with van der Waals surface area (Å²) in [6.45, 7) is 1.75. The van der Waals surface area contributed by atoms with Crippen LogP contribution in [0, 0.1) is 18.8 Å². The van der Waals surface area contributed by atoms with E-state index in [0.717, 1.165) is 16.9 Å². The number of nitrogens with one attached hydrogen (secondary N) is 1. The Balaban J connectivity index is 1.97. The third kappa shape index (κ3) is 4.51. The summed E-state index contributed by atoms with van der Waals surface area (Å²) in [5.74, 6) is 6.20. The standard InChI is InChI=1S/C17H17NO3/c1-13-6-7-15(12-14(13)4-2-10-19)18-17(20)9-8-16-5-3-11-21-16/h3,5-7,11-12,19H,8-10H2,1H3,(H,18,20). The van der Waals surface area contributed by atoms with E-state index in [0.29, 0.717) is 18.5 Å². The highest BCUT2D eigenvalue weighted by molar-refractivity contribution is 5.91. The van der Waals surface area contributed by atoms with E-state index in [1.54, 1.807) is 12.3 Å². The SMILES string of the molecule is Cc1ccc(NC(=O)CCc2ccco2)cc1C#CCO. The third-order valence-electron chi connectivity index (χ3n) is 3.00. The number of aliphatic hydroxyl groups is 1. The zero-order valence-corrected chi connectivity index (χ0v) is 11.8. The summed E-state index contributed by atoms with van der Waals surface area (Å²) in [6.07, 6.45) is 2.53. The molecule has 108 valence electrons. The Morgan fingerprint density at radius 2 is 2.24 bits per heavy atom. The molecule has 0 radical (unpaired) electrons. The Morgan fingerprint density at radius 1 is 1.38 bits per heavy atom. The lowest BCUT2D eigenvalue weighted by Gasteiger charge is -2.06. The minimum absolute atomic E-state index is 0.0729. The predicted octanol–water partition coefficient (Wildman–Crippen LogP) is 2.50. The van der Waals surface area contributed by atoms with Gasteiger partial charge < -0.3 is 14.8 Å². The number of carbonyl (C=O) groups excluding carboxylic acids is 1. The first kappa shape index (κ1) is 14.9. The van der Waals surface area contributed by atoms with Crippen molar-refractivity contribution in [2.24, 2.45) is 0 Å². The third-order valence-corrected chi connectivity index (χ3v) is 3.00. The molecule has 4 nitrogen and oxygen atoms in total. The maximum atomic E-state index is 11.9. The Hall–Kier alpha value is -2.51. The van der Waals surface area contributed by atoms with Crippen LogP contribution in [0.2, 0.25) is 0 Å². The minimum atomic E-state index is -0.181. The number of hydrogen-bond donors (Lipinski definition) is 2. The normalized spacial score (nSPS) is 9.81. The van der Waals surface area contributed by atoms with Gasteiger partial charge in [-0.15, -0.1) is 0 Å². The molecule has 1 heterocycles. The van der Waals surface area contributed by atoms with Crippen molar-refractivity contribution in [2.75, 3.05) is 11.9 Å². The van der Waals surface area contributed by atoms with Crippen molar-refractivity contribution in [3.8, 4) is 11.8 Å². The average Bonchev–Trinajstić information content (AvgIpc) is 2.99. The molecule has 1 aromatic heterocycles. The highest BCUT2D eigenvalue weighted by atomic mass is 16.3. The molecule has 0 aliphatic rings. The highest BCUT2D eigenvalue weighted by Gasteiger charge is 2.06. The number of aliphatic hydroxyl groups excluding tert-OH is 1. The summed E-state index contributed by atoms with van der Waals surface area (Å²) < 4.78 is 5.19. The van der Waals surface area contributed by atoms with Crippen molar-refractivity contribution in [3.63, 3.8) is 0 Å². The summed E-state index contributed by atoms with van der Waals surface area (Å²) in [4.78, 5) is 11.9. The van der Waals surface area contributed by atoms with Crippen molar-refractivity contribution in [1.29, 1.82) is 0 Å². The lowest BCUT2D eigenvalue weighted by Crippen LogP contribution is -2.12. The van der Waals surface area contributed by atoms with Gasteiger partial charge in [0.15, 0.2) is 0 Å². The second-order valence-electron chi connectivity index (χ2n) is 4.62. The van der Waals surface area contributed by atoms with Crippen LogP contribution in [0.1, 0.15) is 23.3 Å². The molecule has 0 unspecified atom stereocenters. The van der Waals surface area contributed by atoms with Gasteiger partial charge in [-0.25, -0.2) is 0 Å². The first-order chi connectivity index (χ1) is 10.2. The van der Waals surface area contributed by atoms with Crippen LogP contribution in [0.3, 0.4) is 0 Å². The summed E-state index contributed by atoms with van der Waals surface area (Å²) in [5.41, 5.74) is 2.50. The van der Waals surface area contributed by atoms with Crippen molar-refractivity contribution >= 4 is 11.6 Å². The number of benzene rings is 1. The van der Waals surface area contributed by atoms with E-state index in [1.807, 2.05) is 31.2 Å². The molecule has 2 aromatic rings. The van der Waals surface area contributed by atoms with Gasteiger partial charge in [0.25, 0.3) is 0 Å². The molecular weight excluding hydrogens is 266 g/mol. The van der Waals surface area contributed by atoms with Gasteiger partial charge in [-0.3, -0.25) is 4.79 Å². The Morgan fingerprint density at radius 3 is 2.95 bits per heavy atom. The molecule has 4 heteroatoms. The molecule has 0 saturated carbocycles. The van der Waals surface area contributed by atoms with Crippen molar-refractivity contribution < 1.29 is 14.3 Å². The predicted molar refractivity (Wildman–Crippen MR) is 80.8 cm³/mol. The fourth-order valence-corrected chi connectivity index (χ4v) is 1.88. The van der Waals surface area contributed by atoms with Crippen LogP contribution in [-0.2, 0) is 11.2 Å². The van der Waals surface area contributed by atoms with Crippen molar-refractivity contribution in [1.82, 2.24) is 0 Å². The smallest absolute Gasteiger partial charge is 0.224 e. The molecule has 0 atom stereocenters. The van der Waals surface area contributed by atoms with Crippen LogP contribution in [0.25, 0.3) is 0 Å². The molecule has 2 N–H and O–H groups in total. The molecule has 0 fully saturated rings. The molecule has 1 aromatic carbocycles. The molecule has 0 aliphatic carbocycles. The van der Waals surface area contributed by atoms with Gasteiger partial charge >= 0.3 is 0 Å². The van der Waals surface area contributed by atoms with Gasteiger partial charge in [0.2, 0.25) is 5.91 Å². The van der Waals surface area contributed by atoms with Crippen molar-refractivity contribution in [3.05, 3.63) is 53.5 Å². The van der Waals surface area contributed by atoms with Crippen LogP contribution in [0.15, 0.2) is 41.0 Å². The van der Waals surface area contributed by atoms with E-state index in [9.17, 15) is 4.79 Å². The Bertz CT molecular complexity index is 663. The van der Waals surface area contributed by atoms with Gasteiger partial charge in [0.1, 0.15) is 12.4 Å². The number of hydrogen-bond acceptors (Lipinski definition) is 3. The molecule has 1 amide bonds. The topological polar surface area (TPSA) is 62.5 Å². The van der Waals surface area contributed by atoms with Crippen LogP contribution in [0.5, 0.6) is 0 Å². The number of anilines is 1. The average molecular weight is 283 g/mol. The Kier molecular flexibility index (Phi) is 5.19. The number of furan rings is 1. The molecular formula is C17H17NO3. The van der Waals surface area contributed by atoms with E-state index in [-0.39, 0.29) is 12.5 Å². The zero-order chi connectivity index (χ0) is 15.1. The molecule has 0 saturated heterocycles. The lowest BCUT2D eigenvalue weighted by atomic mass is 10.1. The summed E-state index contributed by atoms with van der Waals surface area (Å²) in [6, 6.07) is 9.19. The number of carbonyl (C=O) groups is 1. The van der Waals surface area contributed by atoms with E-state index in [2.05, 4.69) is 17.2 Å². The van der Waals surface area contributed by atoms with Gasteiger partial charge in [0, 0.05) is 24.1 Å². The second kappa shape index (κ2) is 7.32. The summed E-state index contributed by atoms with van der Waals surface area (Å²) in [7, 11) is 0. The van der Waals surface area contributed by atoms with Gasteiger partial charge in [-0.2, -0.15) is 0 Å². The van der Waals surface area contributed by atoms with Gasteiger partial charge in [-0.05, 0) is 36.8 Å². The van der Waals surface area contributed by atoms with E-state index < -0.39 is 0 Å². The maximum Gasteiger partial charge on any atom is 0.224 e. The number of amides is 1. The molecule has 2 rings (SSSR count). The maximum absolute atomic E-state index is 11.9. The molecule has 21 heavy (non-hydrogen) atoms. The van der Waals surface area contributed by atoms with Crippen LogP contribution in [-0.4, -0.2) is 17.6 Å². The first-order valence-corrected chi connectivity index (χ1v) is 6.71. The zero-order valence-electron chi connectivity index (χ0n) is 11.8. The largest absolute Gasteiger partial charge is 0.469 e. The number of rotatable bonds is 4. The van der Waals surface area contributed by atoms with Gasteiger partial charge in [0.05, 0.1) is 6.26 Å². The summed E-state index contributed by atoms with van der Waals surface area (Å²) in [5, 5.41) is 11.6. The molecule has 0 spiro atoms. The second-order valence-corrected chi connectivity index (χ2v) is 4.62. The van der Waals surface area contributed by atoms with Crippen LogP contribution in [0.4, 0.5) is 5.69 Å². The fraction of sp³-hybridized carbons (Fsp3) is 0.235. The van der Waals surface area contributed by atoms with Crippen LogP contribution < -0.4 is 5.32 Å². The van der Waals surface area contributed by atoms with Crippen LogP contribution >= 0.6 is 0 Å². The Labute approximate surface area is 123 Å². The number of aryl methyl sites for hydroxylation is 2. The quantitative estimate of drug-likeness (QED) is 0.847. The summed E-state index contributed by atoms with van der Waals surface area (Å²) >= 11 is 0. The minimum Gasteiger partial charge on any atom is -0.469 e. The van der Waals surface area contributed by atoms with E-state index in [4.69, 9.17) is 9.52 Å². The van der Waals surface area contributed by atoms with Crippen molar-refractivity contribution in [2.45, 2.75) is 19.8 Å². The highest BCUT2D eigenvalue weighted by Crippen LogP contribution is 2.15. The van der Waals surface area contributed by atoms with E-state index >= 15 is 0 Å². The monoisotopic (exact) mass is 283 g/mol. The first-order valence-electron chi connectivity index (χ1n) is 6.71. The molecule has 0 aliphatic heterocycles. The molecule has 0 bridgehead atoms. The van der Waals surface area contributed by atoms with Gasteiger partial charge in [-0.1, -0.05) is 17.9 Å². The van der Waals surface area contributed by atoms with E-state index in [1.165, 1.54) is 0 Å². The fourth-order valence-electron chi connectivity index (χ4n) is 1.88. The lowest BCUT2D eigenvalue weighted by molar-refractivity contribution is -0.116.